The Morgan fingerprint density at radius 1 is 1.23 bits per heavy atom. The molecule has 2 aromatic rings. The second-order valence-electron chi connectivity index (χ2n) is 2.50. The van der Waals surface area contributed by atoms with E-state index in [1.165, 1.54) is 0 Å². The molecule has 0 radical (unpaired) electrons. The lowest BCUT2D eigenvalue weighted by atomic mass is 10.3. The molecule has 4 heteroatoms. The highest BCUT2D eigenvalue weighted by molar-refractivity contribution is 14.1. The summed E-state index contributed by atoms with van der Waals surface area (Å²) in [5.74, 6) is 0.812. The van der Waals surface area contributed by atoms with Gasteiger partial charge in [0.2, 0.25) is 0 Å². The summed E-state index contributed by atoms with van der Waals surface area (Å²) in [6.45, 7) is 0. The zero-order chi connectivity index (χ0) is 9.10. The molecule has 0 aliphatic heterocycles. The van der Waals surface area contributed by atoms with Gasteiger partial charge in [-0.3, -0.25) is 0 Å². The number of halogens is 1. The van der Waals surface area contributed by atoms with Crippen LogP contribution in [0.4, 0.5) is 0 Å². The summed E-state index contributed by atoms with van der Waals surface area (Å²) in [6.07, 6.45) is 3.62. The third kappa shape index (κ3) is 1.67. The summed E-state index contributed by atoms with van der Waals surface area (Å²) in [4.78, 5) is 0. The molecule has 0 saturated carbocycles. The van der Waals surface area contributed by atoms with Crippen LogP contribution >= 0.6 is 23.0 Å². The van der Waals surface area contributed by atoms with Crippen molar-refractivity contribution in [2.45, 2.75) is 0 Å². The molecule has 0 unspecified atom stereocenters. The van der Waals surface area contributed by atoms with Crippen molar-refractivity contribution in [3.8, 4) is 11.4 Å². The fourth-order valence-corrected chi connectivity index (χ4v) is 1.50. The van der Waals surface area contributed by atoms with Gasteiger partial charge in [-0.15, -0.1) is 0 Å². The Bertz CT molecular complexity index is 386. The molecule has 0 N–H and O–H groups in total. The molecule has 0 aliphatic rings. The highest BCUT2D eigenvalue weighted by atomic mass is 127. The lowest BCUT2D eigenvalue weighted by Gasteiger charge is -2.05. The van der Waals surface area contributed by atoms with Gasteiger partial charge in [-0.2, -0.15) is 5.10 Å². The molecule has 0 bridgehead atoms. The van der Waals surface area contributed by atoms with Gasteiger partial charge in [0, 0.05) is 12.4 Å². The van der Waals surface area contributed by atoms with E-state index in [0.29, 0.717) is 0 Å². The minimum atomic E-state index is 0.812. The van der Waals surface area contributed by atoms with Gasteiger partial charge < -0.3 is 3.07 Å². The predicted octanol–water partition coefficient (Wildman–Crippen LogP) is 2.60. The molecular formula is C9H7IN2O. The molecule has 1 aromatic carbocycles. The van der Waals surface area contributed by atoms with Crippen LogP contribution in [-0.2, 0) is 0 Å². The molecule has 0 fully saturated rings. The molecule has 13 heavy (non-hydrogen) atoms. The fraction of sp³-hybridized carbons (Fsp3) is 0. The standard InChI is InChI=1S/C9H7IN2O/c10-13-9-5-2-1-4-8(9)12-7-3-6-11-12/h1-7H. The van der Waals surface area contributed by atoms with E-state index >= 15 is 0 Å². The molecule has 0 spiro atoms. The zero-order valence-corrected chi connectivity index (χ0v) is 8.88. The van der Waals surface area contributed by atoms with Gasteiger partial charge in [-0.25, -0.2) is 4.68 Å². The van der Waals surface area contributed by atoms with E-state index in [1.807, 2.05) is 59.5 Å². The maximum absolute atomic E-state index is 5.18. The molecule has 2 rings (SSSR count). The van der Waals surface area contributed by atoms with Gasteiger partial charge in [0.15, 0.2) is 28.8 Å². The van der Waals surface area contributed by atoms with Crippen molar-refractivity contribution in [1.82, 2.24) is 9.78 Å². The zero-order valence-electron chi connectivity index (χ0n) is 6.72. The van der Waals surface area contributed by atoms with Crippen molar-refractivity contribution in [2.75, 3.05) is 0 Å². The number of hydrogen-bond acceptors (Lipinski definition) is 2. The van der Waals surface area contributed by atoms with E-state index in [1.54, 1.807) is 10.9 Å². The van der Waals surface area contributed by atoms with Gasteiger partial charge in [0.05, 0.1) is 0 Å². The largest absolute Gasteiger partial charge is 0.425 e. The second-order valence-corrected chi connectivity index (χ2v) is 2.94. The average molecular weight is 286 g/mol. The maximum atomic E-state index is 5.18. The quantitative estimate of drug-likeness (QED) is 0.793. The first-order chi connectivity index (χ1) is 6.42. The van der Waals surface area contributed by atoms with E-state index in [4.69, 9.17) is 3.07 Å². The Hall–Kier alpha value is -1.04. The number of benzene rings is 1. The molecular weight excluding hydrogens is 279 g/mol. The lowest BCUT2D eigenvalue weighted by molar-refractivity contribution is 0.696. The maximum Gasteiger partial charge on any atom is 0.192 e. The Labute approximate surface area is 90.0 Å². The molecule has 0 saturated heterocycles. The van der Waals surface area contributed by atoms with Crippen LogP contribution in [0.25, 0.3) is 5.69 Å². The Morgan fingerprint density at radius 3 is 2.77 bits per heavy atom. The summed E-state index contributed by atoms with van der Waals surface area (Å²) in [5, 5.41) is 4.13. The summed E-state index contributed by atoms with van der Waals surface area (Å²) < 4.78 is 6.95. The number of aromatic nitrogens is 2. The van der Waals surface area contributed by atoms with Crippen LogP contribution in [0.3, 0.4) is 0 Å². The van der Waals surface area contributed by atoms with Crippen molar-refractivity contribution >= 4 is 23.0 Å². The molecule has 0 aliphatic carbocycles. The Kier molecular flexibility index (Phi) is 2.49. The van der Waals surface area contributed by atoms with E-state index < -0.39 is 0 Å². The number of nitrogens with zero attached hydrogens (tertiary/aromatic N) is 2. The van der Waals surface area contributed by atoms with E-state index in [0.717, 1.165) is 11.4 Å². The summed E-state index contributed by atoms with van der Waals surface area (Å²) >= 11 is 1.86. The van der Waals surface area contributed by atoms with Crippen LogP contribution in [0.1, 0.15) is 0 Å². The molecule has 0 amide bonds. The lowest BCUT2D eigenvalue weighted by Crippen LogP contribution is -1.95. The normalized spacial score (nSPS) is 9.92. The summed E-state index contributed by atoms with van der Waals surface area (Å²) in [6, 6.07) is 9.63. The van der Waals surface area contributed by atoms with Crippen molar-refractivity contribution in [1.29, 1.82) is 0 Å². The first-order valence-corrected chi connectivity index (χ1v) is 4.67. The highest BCUT2D eigenvalue weighted by Gasteiger charge is 2.03. The van der Waals surface area contributed by atoms with Crippen LogP contribution in [0.2, 0.25) is 0 Å². The second kappa shape index (κ2) is 3.78. The topological polar surface area (TPSA) is 27.1 Å². The van der Waals surface area contributed by atoms with Gasteiger partial charge in [-0.05, 0) is 18.2 Å². The first-order valence-electron chi connectivity index (χ1n) is 3.79. The van der Waals surface area contributed by atoms with E-state index in [-0.39, 0.29) is 0 Å². The monoisotopic (exact) mass is 286 g/mol. The number of hydrogen-bond donors (Lipinski definition) is 0. The van der Waals surface area contributed by atoms with Gasteiger partial charge in [-0.1, -0.05) is 12.1 Å². The number of para-hydroxylation sites is 2. The number of rotatable bonds is 2. The predicted molar refractivity (Wildman–Crippen MR) is 58.2 cm³/mol. The van der Waals surface area contributed by atoms with Crippen molar-refractivity contribution in [2.24, 2.45) is 0 Å². The molecule has 1 heterocycles. The average Bonchev–Trinajstić information content (AvgIpc) is 2.70. The van der Waals surface area contributed by atoms with Crippen LogP contribution < -0.4 is 3.07 Å². The Balaban J connectivity index is 2.51. The van der Waals surface area contributed by atoms with Crippen LogP contribution in [0, 0.1) is 0 Å². The van der Waals surface area contributed by atoms with Crippen molar-refractivity contribution < 1.29 is 3.07 Å². The third-order valence-electron chi connectivity index (χ3n) is 1.70. The minimum absolute atomic E-state index is 0.812. The van der Waals surface area contributed by atoms with Crippen LogP contribution in [0.15, 0.2) is 42.7 Å². The molecule has 1 aromatic heterocycles. The van der Waals surface area contributed by atoms with E-state index in [2.05, 4.69) is 5.10 Å². The third-order valence-corrected chi connectivity index (χ3v) is 2.17. The summed E-state index contributed by atoms with van der Waals surface area (Å²) in [7, 11) is 0. The highest BCUT2D eigenvalue weighted by Crippen LogP contribution is 2.22. The van der Waals surface area contributed by atoms with E-state index in [9.17, 15) is 0 Å². The smallest absolute Gasteiger partial charge is 0.192 e. The minimum Gasteiger partial charge on any atom is -0.425 e. The van der Waals surface area contributed by atoms with Gasteiger partial charge >= 0.3 is 0 Å². The molecule has 3 nitrogen and oxygen atoms in total. The van der Waals surface area contributed by atoms with Crippen LogP contribution in [-0.4, -0.2) is 9.78 Å². The summed E-state index contributed by atoms with van der Waals surface area (Å²) in [5.41, 5.74) is 0.946. The van der Waals surface area contributed by atoms with Crippen molar-refractivity contribution in [3.05, 3.63) is 42.7 Å². The fourth-order valence-electron chi connectivity index (χ4n) is 1.12. The Morgan fingerprint density at radius 2 is 2.08 bits per heavy atom. The molecule has 0 atom stereocenters. The van der Waals surface area contributed by atoms with Crippen molar-refractivity contribution in [3.63, 3.8) is 0 Å². The SMILES string of the molecule is IOc1ccccc1-n1cccn1. The van der Waals surface area contributed by atoms with Crippen LogP contribution in [0.5, 0.6) is 5.75 Å². The first kappa shape index (κ1) is 8.55. The molecule has 66 valence electrons. The van der Waals surface area contributed by atoms with Gasteiger partial charge in [0.25, 0.3) is 0 Å². The van der Waals surface area contributed by atoms with Gasteiger partial charge in [0.1, 0.15) is 5.69 Å².